The van der Waals surface area contributed by atoms with E-state index in [0.717, 1.165) is 34.4 Å². The first-order valence-electron chi connectivity index (χ1n) is 8.11. The summed E-state index contributed by atoms with van der Waals surface area (Å²) < 4.78 is 2.31. The van der Waals surface area contributed by atoms with Crippen molar-refractivity contribution in [2.75, 3.05) is 0 Å². The van der Waals surface area contributed by atoms with E-state index in [1.54, 1.807) is 11.3 Å². The van der Waals surface area contributed by atoms with Gasteiger partial charge in [-0.15, -0.1) is 11.3 Å². The van der Waals surface area contributed by atoms with Crippen molar-refractivity contribution in [3.05, 3.63) is 67.3 Å². The molecule has 3 heteroatoms. The molecule has 0 saturated heterocycles. The third-order valence-corrected chi connectivity index (χ3v) is 5.94. The van der Waals surface area contributed by atoms with Gasteiger partial charge in [-0.05, 0) is 45.2 Å². The molecule has 0 aliphatic carbocycles. The van der Waals surface area contributed by atoms with Gasteiger partial charge in [0.15, 0.2) is 5.43 Å². The Bertz CT molecular complexity index is 929. The summed E-state index contributed by atoms with van der Waals surface area (Å²) in [5.74, 6) is 0. The van der Waals surface area contributed by atoms with Gasteiger partial charge in [-0.1, -0.05) is 36.8 Å². The summed E-state index contributed by atoms with van der Waals surface area (Å²) in [6.45, 7) is 11.2. The van der Waals surface area contributed by atoms with Crippen LogP contribution < -0.4 is 5.43 Å². The molecule has 0 atom stereocenters. The van der Waals surface area contributed by atoms with Crippen LogP contribution in [0.2, 0.25) is 0 Å². The molecular weight excluding hydrogens is 302 g/mol. The van der Waals surface area contributed by atoms with Crippen LogP contribution in [0, 0.1) is 27.7 Å². The zero-order valence-electron chi connectivity index (χ0n) is 14.5. The number of fused-ring (bicyclic) bond motifs is 1. The van der Waals surface area contributed by atoms with Gasteiger partial charge in [0.05, 0.1) is 5.39 Å². The Morgan fingerprint density at radius 3 is 2.30 bits per heavy atom. The molecule has 0 saturated carbocycles. The SMILES string of the molecule is CCc1c(C)sc2c1c(=O)c(C)c(C)n2Cc1ccc(C)cc1. The van der Waals surface area contributed by atoms with E-state index in [1.807, 2.05) is 6.92 Å². The van der Waals surface area contributed by atoms with E-state index in [1.165, 1.54) is 21.6 Å². The normalized spacial score (nSPS) is 11.3. The lowest BCUT2D eigenvalue weighted by molar-refractivity contribution is 0.790. The van der Waals surface area contributed by atoms with Crippen LogP contribution in [-0.2, 0) is 13.0 Å². The van der Waals surface area contributed by atoms with Crippen LogP contribution >= 0.6 is 11.3 Å². The van der Waals surface area contributed by atoms with E-state index in [9.17, 15) is 4.79 Å². The highest BCUT2D eigenvalue weighted by atomic mass is 32.1. The Balaban J connectivity index is 2.27. The van der Waals surface area contributed by atoms with E-state index in [2.05, 4.69) is 56.5 Å². The van der Waals surface area contributed by atoms with Gasteiger partial charge in [0.1, 0.15) is 4.83 Å². The first-order valence-corrected chi connectivity index (χ1v) is 8.93. The van der Waals surface area contributed by atoms with Gasteiger partial charge in [0.2, 0.25) is 0 Å². The molecule has 0 radical (unpaired) electrons. The van der Waals surface area contributed by atoms with Crippen LogP contribution in [0.25, 0.3) is 10.2 Å². The van der Waals surface area contributed by atoms with Crippen molar-refractivity contribution in [3.63, 3.8) is 0 Å². The summed E-state index contributed by atoms with van der Waals surface area (Å²) in [4.78, 5) is 15.2. The second-order valence-electron chi connectivity index (χ2n) is 6.28. The average Bonchev–Trinajstić information content (AvgIpc) is 2.87. The molecule has 2 nitrogen and oxygen atoms in total. The van der Waals surface area contributed by atoms with Crippen LogP contribution in [0.3, 0.4) is 0 Å². The first kappa shape index (κ1) is 16.0. The third-order valence-electron chi connectivity index (χ3n) is 4.77. The monoisotopic (exact) mass is 325 g/mol. The maximum Gasteiger partial charge on any atom is 0.193 e. The van der Waals surface area contributed by atoms with Crippen LogP contribution in [0.1, 0.15) is 39.7 Å². The summed E-state index contributed by atoms with van der Waals surface area (Å²) in [6.07, 6.45) is 0.911. The lowest BCUT2D eigenvalue weighted by Crippen LogP contribution is -2.16. The van der Waals surface area contributed by atoms with E-state index in [0.29, 0.717) is 0 Å². The summed E-state index contributed by atoms with van der Waals surface area (Å²) in [7, 11) is 0. The van der Waals surface area contributed by atoms with Crippen LogP contribution in [0.5, 0.6) is 0 Å². The summed E-state index contributed by atoms with van der Waals surface area (Å²) >= 11 is 1.75. The molecule has 3 aromatic rings. The van der Waals surface area contributed by atoms with Crippen LogP contribution in [0.15, 0.2) is 29.1 Å². The predicted octanol–water partition coefficient (Wildman–Crippen LogP) is 4.91. The zero-order valence-corrected chi connectivity index (χ0v) is 15.3. The highest BCUT2D eigenvalue weighted by molar-refractivity contribution is 7.18. The first-order chi connectivity index (χ1) is 10.9. The van der Waals surface area contributed by atoms with Gasteiger partial charge in [-0.25, -0.2) is 0 Å². The molecule has 0 N–H and O–H groups in total. The van der Waals surface area contributed by atoms with E-state index >= 15 is 0 Å². The molecule has 120 valence electrons. The number of hydrogen-bond acceptors (Lipinski definition) is 2. The number of aryl methyl sites for hydroxylation is 3. The fourth-order valence-corrected chi connectivity index (χ4v) is 4.47. The van der Waals surface area contributed by atoms with Gasteiger partial charge in [0.25, 0.3) is 0 Å². The fraction of sp³-hybridized carbons (Fsp3) is 0.350. The minimum atomic E-state index is 0.207. The molecule has 0 bridgehead atoms. The second kappa shape index (κ2) is 5.97. The van der Waals surface area contributed by atoms with Crippen molar-refractivity contribution in [2.45, 2.75) is 47.6 Å². The van der Waals surface area contributed by atoms with Gasteiger partial charge < -0.3 is 4.57 Å². The van der Waals surface area contributed by atoms with Crippen molar-refractivity contribution < 1.29 is 0 Å². The van der Waals surface area contributed by atoms with Gasteiger partial charge in [-0.3, -0.25) is 4.79 Å². The van der Waals surface area contributed by atoms with Crippen molar-refractivity contribution in [2.24, 2.45) is 0 Å². The Kier molecular flexibility index (Phi) is 4.15. The highest BCUT2D eigenvalue weighted by Gasteiger charge is 2.18. The predicted molar refractivity (Wildman–Crippen MR) is 100.0 cm³/mol. The summed E-state index contributed by atoms with van der Waals surface area (Å²) in [5.41, 5.74) is 5.91. The standard InChI is InChI=1S/C20H23NOS/c1-6-17-15(5)23-20-18(17)19(22)13(3)14(4)21(20)11-16-9-7-12(2)8-10-16/h7-10H,6,11H2,1-5H3. The smallest absolute Gasteiger partial charge is 0.193 e. The Labute approximate surface area is 141 Å². The molecule has 0 amide bonds. The lowest BCUT2D eigenvalue weighted by atomic mass is 10.1. The van der Waals surface area contributed by atoms with Crippen molar-refractivity contribution in [1.29, 1.82) is 0 Å². The van der Waals surface area contributed by atoms with Gasteiger partial charge in [-0.2, -0.15) is 0 Å². The molecule has 0 aliphatic heterocycles. The number of thiophene rings is 1. The number of pyridine rings is 1. The maximum absolute atomic E-state index is 12.8. The maximum atomic E-state index is 12.8. The molecule has 23 heavy (non-hydrogen) atoms. The highest BCUT2D eigenvalue weighted by Crippen LogP contribution is 2.31. The fourth-order valence-electron chi connectivity index (χ4n) is 3.19. The van der Waals surface area contributed by atoms with E-state index in [4.69, 9.17) is 0 Å². The minimum Gasteiger partial charge on any atom is -0.332 e. The minimum absolute atomic E-state index is 0.207. The average molecular weight is 325 g/mol. The number of aromatic nitrogens is 1. The molecule has 3 rings (SSSR count). The van der Waals surface area contributed by atoms with E-state index < -0.39 is 0 Å². The topological polar surface area (TPSA) is 22.0 Å². The molecular formula is C20H23NOS. The molecule has 0 spiro atoms. The molecule has 2 heterocycles. The molecule has 1 aromatic carbocycles. The Hall–Kier alpha value is -1.87. The van der Waals surface area contributed by atoms with Crippen molar-refractivity contribution in [3.8, 4) is 0 Å². The third kappa shape index (κ3) is 2.63. The zero-order chi connectivity index (χ0) is 16.7. The Morgan fingerprint density at radius 2 is 1.70 bits per heavy atom. The molecule has 0 unspecified atom stereocenters. The largest absolute Gasteiger partial charge is 0.332 e. The number of hydrogen-bond donors (Lipinski definition) is 0. The quantitative estimate of drug-likeness (QED) is 0.671. The van der Waals surface area contributed by atoms with Crippen LogP contribution in [-0.4, -0.2) is 4.57 Å². The number of benzene rings is 1. The van der Waals surface area contributed by atoms with Crippen molar-refractivity contribution >= 4 is 21.6 Å². The Morgan fingerprint density at radius 1 is 1.04 bits per heavy atom. The number of rotatable bonds is 3. The summed E-state index contributed by atoms with van der Waals surface area (Å²) in [5, 5.41) is 0.935. The van der Waals surface area contributed by atoms with Gasteiger partial charge in [0, 0.05) is 22.7 Å². The van der Waals surface area contributed by atoms with Crippen LogP contribution in [0.4, 0.5) is 0 Å². The van der Waals surface area contributed by atoms with Crippen molar-refractivity contribution in [1.82, 2.24) is 4.57 Å². The van der Waals surface area contributed by atoms with E-state index in [-0.39, 0.29) is 5.43 Å². The molecule has 2 aromatic heterocycles. The van der Waals surface area contributed by atoms with Gasteiger partial charge >= 0.3 is 0 Å². The summed E-state index contributed by atoms with van der Waals surface area (Å²) in [6, 6.07) is 8.65. The second-order valence-corrected chi connectivity index (χ2v) is 7.48. The molecule has 0 fully saturated rings. The molecule has 0 aliphatic rings. The lowest BCUT2D eigenvalue weighted by Gasteiger charge is -2.15. The number of nitrogens with zero attached hydrogens (tertiary/aromatic N) is 1.